The maximum absolute atomic E-state index is 13.6. The number of hydrogen-bond acceptors (Lipinski definition) is 7. The summed E-state index contributed by atoms with van der Waals surface area (Å²) in [4.78, 5) is 14.7. The zero-order valence-electron chi connectivity index (χ0n) is 18.4. The summed E-state index contributed by atoms with van der Waals surface area (Å²) in [5.74, 6) is 0.0309. The normalized spacial score (nSPS) is 30.2. The molecule has 1 N–H and O–H groups in total. The highest BCUT2D eigenvalue weighted by atomic mass is 32.2. The summed E-state index contributed by atoms with van der Waals surface area (Å²) in [5.41, 5.74) is 0.655. The van der Waals surface area contributed by atoms with E-state index < -0.39 is 28.3 Å². The predicted molar refractivity (Wildman–Crippen MR) is 116 cm³/mol. The average Bonchev–Trinajstić information content (AvgIpc) is 2.77. The monoisotopic (exact) mass is 468 g/mol. The molecule has 1 aromatic carbocycles. The van der Waals surface area contributed by atoms with Crippen molar-refractivity contribution < 1.29 is 32.5 Å². The Kier molecular flexibility index (Phi) is 7.48. The van der Waals surface area contributed by atoms with Crippen LogP contribution in [0.5, 0.6) is 0 Å². The van der Waals surface area contributed by atoms with Gasteiger partial charge in [0.25, 0.3) is 0 Å². The van der Waals surface area contributed by atoms with Crippen LogP contribution in [0.3, 0.4) is 0 Å². The number of benzene rings is 1. The number of morpholine rings is 1. The standard InChI is InChI=1S/C22H32N2O7S/c1-16-4-2-3-5-21(16)32(27,28)24-13-17(25)14-30-15-20-19(24)7-6-18(31-20)12-22(26)23-8-10-29-11-9-23/h2-5,17-20,25H,6-15H2,1H3/t17-,18-,19-,20+/m0/s1. The molecule has 0 aromatic heterocycles. The number of rotatable bonds is 4. The second-order valence-corrected chi connectivity index (χ2v) is 10.5. The third-order valence-corrected chi connectivity index (χ3v) is 8.43. The van der Waals surface area contributed by atoms with Gasteiger partial charge in [0.1, 0.15) is 0 Å². The van der Waals surface area contributed by atoms with Crippen LogP contribution in [0.15, 0.2) is 29.2 Å². The molecule has 1 aromatic rings. The summed E-state index contributed by atoms with van der Waals surface area (Å²) in [5, 5.41) is 10.3. The van der Waals surface area contributed by atoms with E-state index in [-0.39, 0.29) is 43.1 Å². The Morgan fingerprint density at radius 2 is 1.88 bits per heavy atom. The number of β-amino-alcohol motifs (C(OH)–C–C–N with tert-alkyl or cyclic N) is 1. The first-order valence-corrected chi connectivity index (χ1v) is 12.6. The molecule has 10 heteroatoms. The fourth-order valence-electron chi connectivity index (χ4n) is 4.68. The van der Waals surface area contributed by atoms with Crippen molar-refractivity contribution in [2.75, 3.05) is 46.1 Å². The molecular formula is C22H32N2O7S. The van der Waals surface area contributed by atoms with E-state index in [1.54, 1.807) is 36.1 Å². The molecule has 3 heterocycles. The predicted octanol–water partition coefficient (Wildman–Crippen LogP) is 0.542. The van der Waals surface area contributed by atoms with Crippen molar-refractivity contribution in [1.29, 1.82) is 0 Å². The van der Waals surface area contributed by atoms with E-state index in [2.05, 4.69) is 0 Å². The van der Waals surface area contributed by atoms with Crippen molar-refractivity contribution in [2.45, 2.75) is 55.4 Å². The average molecular weight is 469 g/mol. The van der Waals surface area contributed by atoms with E-state index in [0.717, 1.165) is 0 Å². The van der Waals surface area contributed by atoms with Crippen LogP contribution >= 0.6 is 0 Å². The largest absolute Gasteiger partial charge is 0.389 e. The minimum Gasteiger partial charge on any atom is -0.389 e. The molecule has 0 unspecified atom stereocenters. The quantitative estimate of drug-likeness (QED) is 0.688. The molecule has 3 aliphatic heterocycles. The second-order valence-electron chi connectivity index (χ2n) is 8.67. The van der Waals surface area contributed by atoms with Gasteiger partial charge in [0, 0.05) is 19.6 Å². The molecule has 1 amide bonds. The number of aliphatic hydroxyl groups excluding tert-OH is 1. The van der Waals surface area contributed by atoms with Crippen molar-refractivity contribution in [3.63, 3.8) is 0 Å². The first-order valence-electron chi connectivity index (χ1n) is 11.2. The lowest BCUT2D eigenvalue weighted by Crippen LogP contribution is -2.57. The summed E-state index contributed by atoms with van der Waals surface area (Å²) < 4.78 is 45.7. The lowest BCUT2D eigenvalue weighted by atomic mass is 9.96. The number of fused-ring (bicyclic) bond motifs is 1. The number of aryl methyl sites for hydroxylation is 1. The van der Waals surface area contributed by atoms with Crippen LogP contribution in [0.1, 0.15) is 24.8 Å². The molecule has 0 spiro atoms. The molecule has 3 aliphatic rings. The van der Waals surface area contributed by atoms with E-state index in [1.807, 2.05) is 0 Å². The molecule has 4 atom stereocenters. The molecule has 0 aliphatic carbocycles. The summed E-state index contributed by atoms with van der Waals surface area (Å²) in [6.07, 6.45) is -0.355. The van der Waals surface area contributed by atoms with Crippen LogP contribution in [0.25, 0.3) is 0 Å². The maximum atomic E-state index is 13.6. The van der Waals surface area contributed by atoms with Crippen LogP contribution in [-0.4, -0.2) is 99.1 Å². The van der Waals surface area contributed by atoms with Crippen molar-refractivity contribution in [1.82, 2.24) is 9.21 Å². The van der Waals surface area contributed by atoms with Crippen molar-refractivity contribution in [3.05, 3.63) is 29.8 Å². The Hall–Kier alpha value is -1.56. The van der Waals surface area contributed by atoms with Crippen molar-refractivity contribution >= 4 is 15.9 Å². The van der Waals surface area contributed by atoms with E-state index in [0.29, 0.717) is 44.7 Å². The minimum atomic E-state index is -3.84. The molecule has 0 saturated carbocycles. The molecule has 0 bridgehead atoms. The molecule has 4 rings (SSSR count). The number of sulfonamides is 1. The van der Waals surface area contributed by atoms with Crippen molar-refractivity contribution in [3.8, 4) is 0 Å². The first-order chi connectivity index (χ1) is 15.4. The first kappa shape index (κ1) is 23.6. The van der Waals surface area contributed by atoms with Gasteiger partial charge in [-0.05, 0) is 31.4 Å². The smallest absolute Gasteiger partial charge is 0.243 e. The Morgan fingerprint density at radius 1 is 1.12 bits per heavy atom. The number of carbonyl (C=O) groups excluding carboxylic acids is 1. The number of carbonyl (C=O) groups is 1. The second kappa shape index (κ2) is 10.1. The highest BCUT2D eigenvalue weighted by Crippen LogP contribution is 2.32. The van der Waals surface area contributed by atoms with Crippen LogP contribution in [0.4, 0.5) is 0 Å². The van der Waals surface area contributed by atoms with Crippen LogP contribution in [0, 0.1) is 6.92 Å². The van der Waals surface area contributed by atoms with Gasteiger partial charge in [0.15, 0.2) is 0 Å². The SMILES string of the molecule is Cc1ccccc1S(=O)(=O)N1C[C@H](O)COC[C@H]2O[C@H](CC(=O)N3CCOCC3)CC[C@@H]21. The van der Waals surface area contributed by atoms with E-state index >= 15 is 0 Å². The van der Waals surface area contributed by atoms with Gasteiger partial charge in [-0.15, -0.1) is 0 Å². The molecule has 0 radical (unpaired) electrons. The van der Waals surface area contributed by atoms with Crippen molar-refractivity contribution in [2.24, 2.45) is 0 Å². The zero-order valence-corrected chi connectivity index (χ0v) is 19.2. The number of amides is 1. The van der Waals surface area contributed by atoms with Crippen LogP contribution in [0.2, 0.25) is 0 Å². The fourth-order valence-corrected chi connectivity index (χ4v) is 6.62. The van der Waals surface area contributed by atoms with Gasteiger partial charge in [-0.3, -0.25) is 4.79 Å². The fraction of sp³-hybridized carbons (Fsp3) is 0.682. The molecule has 178 valence electrons. The maximum Gasteiger partial charge on any atom is 0.243 e. The minimum absolute atomic E-state index is 0.0309. The van der Waals surface area contributed by atoms with Gasteiger partial charge in [-0.2, -0.15) is 4.31 Å². The summed E-state index contributed by atoms with van der Waals surface area (Å²) in [6, 6.07) is 6.39. The topological polar surface area (TPSA) is 106 Å². The van der Waals surface area contributed by atoms with Gasteiger partial charge < -0.3 is 24.2 Å². The number of hydrogen-bond donors (Lipinski definition) is 1. The van der Waals surface area contributed by atoms with Crippen LogP contribution in [-0.2, 0) is 29.0 Å². The summed E-state index contributed by atoms with van der Waals surface area (Å²) >= 11 is 0. The molecule has 32 heavy (non-hydrogen) atoms. The van der Waals surface area contributed by atoms with Gasteiger partial charge in [-0.25, -0.2) is 8.42 Å². The Labute approximate surface area is 189 Å². The van der Waals surface area contributed by atoms with Gasteiger partial charge in [0.2, 0.25) is 15.9 Å². The van der Waals surface area contributed by atoms with Gasteiger partial charge in [0.05, 0.1) is 62.1 Å². The molecule has 9 nitrogen and oxygen atoms in total. The third-order valence-electron chi connectivity index (χ3n) is 6.38. The van der Waals surface area contributed by atoms with Gasteiger partial charge >= 0.3 is 0 Å². The number of ether oxygens (including phenoxy) is 3. The third kappa shape index (κ3) is 5.16. The van der Waals surface area contributed by atoms with Crippen LogP contribution < -0.4 is 0 Å². The number of aliphatic hydroxyl groups is 1. The van der Waals surface area contributed by atoms with E-state index in [1.165, 1.54) is 4.31 Å². The zero-order chi connectivity index (χ0) is 22.7. The highest BCUT2D eigenvalue weighted by molar-refractivity contribution is 7.89. The Bertz CT molecular complexity index is 903. The highest BCUT2D eigenvalue weighted by Gasteiger charge is 2.43. The summed E-state index contributed by atoms with van der Waals surface area (Å²) in [7, 11) is -3.84. The Balaban J connectivity index is 1.51. The lowest BCUT2D eigenvalue weighted by molar-refractivity contribution is -0.153. The lowest BCUT2D eigenvalue weighted by Gasteiger charge is -2.44. The molecule has 3 saturated heterocycles. The molecule has 3 fully saturated rings. The molecular weight excluding hydrogens is 436 g/mol. The van der Waals surface area contributed by atoms with Gasteiger partial charge in [-0.1, -0.05) is 18.2 Å². The van der Waals surface area contributed by atoms with E-state index in [4.69, 9.17) is 14.2 Å². The summed E-state index contributed by atoms with van der Waals surface area (Å²) in [6.45, 7) is 4.17. The number of nitrogens with zero attached hydrogens (tertiary/aromatic N) is 2. The Morgan fingerprint density at radius 3 is 2.62 bits per heavy atom. The van der Waals surface area contributed by atoms with E-state index in [9.17, 15) is 18.3 Å².